The molecule has 1 aliphatic carbocycles. The maximum absolute atomic E-state index is 13.8. The number of hydrogen-bond donors (Lipinski definition) is 1. The molecule has 2 aromatic heterocycles. The molecule has 3 fully saturated rings. The lowest BCUT2D eigenvalue weighted by Crippen LogP contribution is -2.50. The topological polar surface area (TPSA) is 108 Å². The van der Waals surface area contributed by atoms with Crippen molar-refractivity contribution in [2.24, 2.45) is 5.92 Å². The summed E-state index contributed by atoms with van der Waals surface area (Å²) in [5, 5.41) is 1.07. The molecule has 1 N–H and O–H groups in total. The van der Waals surface area contributed by atoms with Crippen LogP contribution < -0.4 is 0 Å². The van der Waals surface area contributed by atoms with E-state index in [1.807, 2.05) is 43.0 Å². The number of aromatic amines is 1. The Bertz CT molecular complexity index is 1620. The van der Waals surface area contributed by atoms with Gasteiger partial charge in [0, 0.05) is 67.9 Å². The van der Waals surface area contributed by atoms with Crippen molar-refractivity contribution in [3.63, 3.8) is 0 Å². The Morgan fingerprint density at radius 2 is 1.95 bits per heavy atom. The van der Waals surface area contributed by atoms with Crippen LogP contribution in [0.3, 0.4) is 0 Å². The number of urea groups is 1. The highest BCUT2D eigenvalue weighted by Gasteiger charge is 2.47. The molecular formula is C33H39N5O5. The van der Waals surface area contributed by atoms with Gasteiger partial charge < -0.3 is 24.3 Å². The van der Waals surface area contributed by atoms with E-state index in [1.54, 1.807) is 4.90 Å². The molecule has 3 atom stereocenters. The number of piperidine rings is 1. The van der Waals surface area contributed by atoms with Gasteiger partial charge in [-0.15, -0.1) is 0 Å². The number of H-pyrrole nitrogens is 1. The molecule has 3 aliphatic heterocycles. The van der Waals surface area contributed by atoms with Crippen LogP contribution in [0.1, 0.15) is 61.9 Å². The largest absolute Gasteiger partial charge is 0.444 e. The van der Waals surface area contributed by atoms with E-state index in [-0.39, 0.29) is 35.9 Å². The number of likely N-dealkylation sites (tertiary alicyclic amines) is 1. The second-order valence-electron chi connectivity index (χ2n) is 13.4. The third-order valence-electron chi connectivity index (χ3n) is 9.39. The third kappa shape index (κ3) is 5.05. The molecule has 5 heterocycles. The van der Waals surface area contributed by atoms with Gasteiger partial charge in [0.15, 0.2) is 0 Å². The highest BCUT2D eigenvalue weighted by molar-refractivity contribution is 5.88. The number of hydrogen-bond acceptors (Lipinski definition) is 6. The summed E-state index contributed by atoms with van der Waals surface area (Å²) in [7, 11) is 0. The van der Waals surface area contributed by atoms with E-state index in [9.17, 15) is 14.4 Å². The number of carbonyl (C=O) groups is 3. The number of ketones is 1. The molecule has 0 spiro atoms. The zero-order valence-corrected chi connectivity index (χ0v) is 25.3. The first kappa shape index (κ1) is 27.9. The van der Waals surface area contributed by atoms with E-state index < -0.39 is 5.60 Å². The van der Waals surface area contributed by atoms with Gasteiger partial charge in [0.25, 0.3) is 0 Å². The van der Waals surface area contributed by atoms with Crippen molar-refractivity contribution in [3.05, 3.63) is 52.8 Å². The molecule has 226 valence electrons. The number of ether oxygens (including phenoxy) is 2. The van der Waals surface area contributed by atoms with Crippen molar-refractivity contribution in [2.45, 2.75) is 71.2 Å². The van der Waals surface area contributed by atoms with Crippen LogP contribution in [0.2, 0.25) is 0 Å². The molecule has 1 saturated carbocycles. The van der Waals surface area contributed by atoms with Crippen LogP contribution in [0.4, 0.5) is 9.59 Å². The van der Waals surface area contributed by atoms with Crippen molar-refractivity contribution < 1.29 is 23.9 Å². The van der Waals surface area contributed by atoms with E-state index in [1.165, 1.54) is 0 Å². The van der Waals surface area contributed by atoms with Crippen LogP contribution in [0.5, 0.6) is 0 Å². The first-order chi connectivity index (χ1) is 20.6. The quantitative estimate of drug-likeness (QED) is 0.454. The van der Waals surface area contributed by atoms with Crippen molar-refractivity contribution in [1.29, 1.82) is 0 Å². The Morgan fingerprint density at radius 1 is 1.12 bits per heavy atom. The monoisotopic (exact) mass is 585 g/mol. The van der Waals surface area contributed by atoms with Gasteiger partial charge in [-0.05, 0) is 80.5 Å². The third-order valence-corrected chi connectivity index (χ3v) is 9.39. The van der Waals surface area contributed by atoms with E-state index in [4.69, 9.17) is 9.47 Å². The Labute approximate surface area is 251 Å². The first-order valence-electron chi connectivity index (χ1n) is 15.3. The van der Waals surface area contributed by atoms with Crippen molar-refractivity contribution >= 4 is 28.9 Å². The standard InChI is InChI=1S/C33H39N5O5/c1-19-14-34-30-25(19)12-22(15-35-30)21-9-20-5-6-36(31(40)38-16-23-10-24(38)13-29(23)39)17-27(20)26(11-21)28-18-42-8-7-37(28)32(41)43-33(2,3)4/h9,11-12,14-15,23-24,28H,5-8,10,13,16-18H2,1-4H3,(H,34,35)/t23-,24-,28?/m1/s1. The summed E-state index contributed by atoms with van der Waals surface area (Å²) < 4.78 is 11.8. The Hall–Kier alpha value is -3.92. The molecule has 4 aliphatic rings. The average molecular weight is 586 g/mol. The summed E-state index contributed by atoms with van der Waals surface area (Å²) in [6.07, 6.45) is 5.43. The number of fused-ring (bicyclic) bond motifs is 4. The van der Waals surface area contributed by atoms with E-state index in [2.05, 4.69) is 35.1 Å². The molecule has 3 amide bonds. The fourth-order valence-electron chi connectivity index (χ4n) is 7.18. The normalized spacial score (nSPS) is 23.7. The number of pyridine rings is 1. The summed E-state index contributed by atoms with van der Waals surface area (Å²) in [5.41, 5.74) is 6.56. The van der Waals surface area contributed by atoms with E-state index in [0.29, 0.717) is 52.2 Å². The molecular weight excluding hydrogens is 546 g/mol. The van der Waals surface area contributed by atoms with Gasteiger partial charge in [-0.2, -0.15) is 0 Å². The van der Waals surface area contributed by atoms with Crippen molar-refractivity contribution in [2.75, 3.05) is 32.8 Å². The lowest BCUT2D eigenvalue weighted by molar-refractivity contribution is -0.122. The van der Waals surface area contributed by atoms with Gasteiger partial charge in [0.05, 0.1) is 19.3 Å². The number of carbonyl (C=O) groups excluding carboxylic acids is 3. The van der Waals surface area contributed by atoms with Crippen LogP contribution in [-0.2, 0) is 27.2 Å². The Balaban J connectivity index is 1.27. The molecule has 2 saturated heterocycles. The van der Waals surface area contributed by atoms with Crippen molar-refractivity contribution in [3.8, 4) is 11.1 Å². The maximum atomic E-state index is 13.8. The summed E-state index contributed by atoms with van der Waals surface area (Å²) >= 11 is 0. The number of aromatic nitrogens is 2. The lowest BCUT2D eigenvalue weighted by Gasteiger charge is -2.40. The molecule has 3 aromatic rings. The molecule has 10 heteroatoms. The Kier molecular flexibility index (Phi) is 6.72. The lowest BCUT2D eigenvalue weighted by atomic mass is 9.87. The number of amides is 3. The van der Waals surface area contributed by atoms with E-state index in [0.717, 1.165) is 50.8 Å². The highest BCUT2D eigenvalue weighted by atomic mass is 16.6. The summed E-state index contributed by atoms with van der Waals surface area (Å²) in [6, 6.07) is 6.17. The zero-order chi connectivity index (χ0) is 30.0. The van der Waals surface area contributed by atoms with Crippen LogP contribution >= 0.6 is 0 Å². The second-order valence-corrected chi connectivity index (χ2v) is 13.4. The fraction of sp³-hybridized carbons (Fsp3) is 0.515. The first-order valence-corrected chi connectivity index (χ1v) is 15.3. The summed E-state index contributed by atoms with van der Waals surface area (Å²) in [5.74, 6) is 0.274. The number of nitrogens with zero attached hydrogens (tertiary/aromatic N) is 4. The van der Waals surface area contributed by atoms with Crippen LogP contribution in [0.15, 0.2) is 30.6 Å². The maximum Gasteiger partial charge on any atom is 0.410 e. The molecule has 7 rings (SSSR count). The molecule has 2 bridgehead atoms. The minimum atomic E-state index is -0.629. The van der Waals surface area contributed by atoms with E-state index >= 15 is 0 Å². The molecule has 43 heavy (non-hydrogen) atoms. The number of rotatable bonds is 2. The predicted molar refractivity (Wildman–Crippen MR) is 161 cm³/mol. The zero-order valence-electron chi connectivity index (χ0n) is 25.3. The van der Waals surface area contributed by atoms with Gasteiger partial charge in [0.1, 0.15) is 17.0 Å². The second kappa shape index (κ2) is 10.4. The summed E-state index contributed by atoms with van der Waals surface area (Å²) in [6.45, 7) is 10.4. The van der Waals surface area contributed by atoms with Gasteiger partial charge in [0.2, 0.25) is 0 Å². The number of benzene rings is 1. The highest BCUT2D eigenvalue weighted by Crippen LogP contribution is 2.39. The minimum absolute atomic E-state index is 0.00199. The van der Waals surface area contributed by atoms with Crippen LogP contribution in [0, 0.1) is 12.8 Å². The molecule has 1 aromatic carbocycles. The SMILES string of the molecule is Cc1c[nH]c2ncc(-c3cc4c(c(C5COCCN5C(=O)OC(C)(C)C)c3)CN(C(=O)N3C[C@H]5C[C@@H]3CC5=O)CC4)cc12. The number of morpholine rings is 1. The summed E-state index contributed by atoms with van der Waals surface area (Å²) in [4.78, 5) is 52.9. The van der Waals surface area contributed by atoms with Crippen LogP contribution in [-0.4, -0.2) is 87.1 Å². The Morgan fingerprint density at radius 3 is 2.70 bits per heavy atom. The minimum Gasteiger partial charge on any atom is -0.444 e. The smallest absolute Gasteiger partial charge is 0.410 e. The fourth-order valence-corrected chi connectivity index (χ4v) is 7.18. The average Bonchev–Trinajstić information content (AvgIpc) is 3.68. The van der Waals surface area contributed by atoms with Crippen LogP contribution in [0.25, 0.3) is 22.2 Å². The van der Waals surface area contributed by atoms with Gasteiger partial charge in [-0.1, -0.05) is 6.07 Å². The molecule has 0 radical (unpaired) electrons. The van der Waals surface area contributed by atoms with Gasteiger partial charge in [-0.3, -0.25) is 9.69 Å². The number of nitrogens with one attached hydrogen (secondary N) is 1. The molecule has 10 nitrogen and oxygen atoms in total. The van der Waals surface area contributed by atoms with Crippen molar-refractivity contribution in [1.82, 2.24) is 24.7 Å². The van der Waals surface area contributed by atoms with Gasteiger partial charge >= 0.3 is 12.1 Å². The predicted octanol–water partition coefficient (Wildman–Crippen LogP) is 4.99. The molecule has 1 unspecified atom stereocenters. The number of aryl methyl sites for hydroxylation is 1. The van der Waals surface area contributed by atoms with Gasteiger partial charge in [-0.25, -0.2) is 14.6 Å². The number of Topliss-reactive ketones (excluding diaryl/α,β-unsaturated/α-hetero) is 1.